The Labute approximate surface area is 232 Å². The molecule has 1 unspecified atom stereocenters. The summed E-state index contributed by atoms with van der Waals surface area (Å²) in [5.74, 6) is -1.87. The van der Waals surface area contributed by atoms with E-state index in [1.165, 1.54) is 30.3 Å². The first kappa shape index (κ1) is 30.2. The lowest BCUT2D eigenvalue weighted by molar-refractivity contribution is -0.384. The van der Waals surface area contributed by atoms with E-state index in [0.717, 1.165) is 27.1 Å². The summed E-state index contributed by atoms with van der Waals surface area (Å²) in [6.45, 7) is 2.47. The van der Waals surface area contributed by atoms with Gasteiger partial charge in [0, 0.05) is 37.2 Å². The van der Waals surface area contributed by atoms with Gasteiger partial charge in [0.05, 0.1) is 16.9 Å². The summed E-state index contributed by atoms with van der Waals surface area (Å²) in [6, 6.07) is 17.3. The van der Waals surface area contributed by atoms with Gasteiger partial charge in [0.15, 0.2) is 0 Å². The van der Waals surface area contributed by atoms with Crippen LogP contribution in [0, 0.1) is 22.9 Å². The number of likely N-dealkylation sites (N-methyl/N-ethyl adjacent to an activating group) is 1. The van der Waals surface area contributed by atoms with Crippen molar-refractivity contribution in [3.8, 4) is 0 Å². The molecule has 2 amide bonds. The maximum atomic E-state index is 14.7. The highest BCUT2D eigenvalue weighted by atomic mass is 32.2. The van der Waals surface area contributed by atoms with Crippen molar-refractivity contribution in [1.82, 2.24) is 10.2 Å². The number of hydrogen-bond donors (Lipinski definition) is 1. The Hall–Kier alpha value is -4.32. The van der Waals surface area contributed by atoms with Gasteiger partial charge in [-0.05, 0) is 31.0 Å². The summed E-state index contributed by atoms with van der Waals surface area (Å²) in [5.41, 5.74) is 0.854. The van der Waals surface area contributed by atoms with Crippen LogP contribution in [0.25, 0.3) is 0 Å². The van der Waals surface area contributed by atoms with Crippen molar-refractivity contribution < 1.29 is 27.3 Å². The zero-order valence-corrected chi connectivity index (χ0v) is 23.2. The Morgan fingerprint density at radius 1 is 1.05 bits per heavy atom. The fraction of sp³-hybridized carbons (Fsp3) is 0.286. The second-order valence-electron chi connectivity index (χ2n) is 9.21. The molecule has 1 atom stereocenters. The molecule has 40 heavy (non-hydrogen) atoms. The topological polar surface area (TPSA) is 130 Å². The van der Waals surface area contributed by atoms with E-state index >= 15 is 0 Å². The van der Waals surface area contributed by atoms with Crippen molar-refractivity contribution in [3.63, 3.8) is 0 Å². The second kappa shape index (κ2) is 13.2. The number of carbonyl (C=O) groups is 2. The maximum absolute atomic E-state index is 14.7. The van der Waals surface area contributed by atoms with Crippen molar-refractivity contribution >= 4 is 33.2 Å². The number of halogens is 1. The van der Waals surface area contributed by atoms with Crippen molar-refractivity contribution in [2.24, 2.45) is 0 Å². The van der Waals surface area contributed by atoms with E-state index < -0.39 is 45.2 Å². The summed E-state index contributed by atoms with van der Waals surface area (Å²) < 4.78 is 41.3. The summed E-state index contributed by atoms with van der Waals surface area (Å²) in [7, 11) is -4.12. The SMILES string of the molecule is CCNC(=O)C(Cc1ccccc1)N(Cc1ccccc1F)C(=O)CN(c1cc([N+](=O)[O-])ccc1C)S(C)(=O)=O. The third-order valence-corrected chi connectivity index (χ3v) is 7.40. The molecule has 0 aromatic heterocycles. The van der Waals surface area contributed by atoms with Crippen LogP contribution < -0.4 is 9.62 Å². The normalized spacial score (nSPS) is 11.9. The highest BCUT2D eigenvalue weighted by Gasteiger charge is 2.34. The van der Waals surface area contributed by atoms with Crippen LogP contribution in [0.3, 0.4) is 0 Å². The van der Waals surface area contributed by atoms with E-state index in [1.54, 1.807) is 50.2 Å². The van der Waals surface area contributed by atoms with Gasteiger partial charge < -0.3 is 10.2 Å². The molecule has 0 aliphatic rings. The minimum absolute atomic E-state index is 0.0477. The molecule has 0 aliphatic heterocycles. The van der Waals surface area contributed by atoms with Crippen LogP contribution in [0.4, 0.5) is 15.8 Å². The Bertz CT molecular complexity index is 1480. The zero-order chi connectivity index (χ0) is 29.4. The molecule has 0 saturated heterocycles. The number of aryl methyl sites for hydroxylation is 1. The molecule has 1 N–H and O–H groups in total. The number of benzene rings is 3. The van der Waals surface area contributed by atoms with Gasteiger partial charge in [-0.1, -0.05) is 54.6 Å². The Balaban J connectivity index is 2.10. The molecule has 0 radical (unpaired) electrons. The number of rotatable bonds is 12. The van der Waals surface area contributed by atoms with Crippen molar-refractivity contribution in [2.75, 3.05) is 23.7 Å². The Morgan fingerprint density at radius 2 is 1.70 bits per heavy atom. The van der Waals surface area contributed by atoms with Crippen molar-refractivity contribution in [1.29, 1.82) is 0 Å². The highest BCUT2D eigenvalue weighted by Crippen LogP contribution is 2.28. The molecule has 0 fully saturated rings. The van der Waals surface area contributed by atoms with Crippen molar-refractivity contribution in [2.45, 2.75) is 32.9 Å². The lowest BCUT2D eigenvalue weighted by Crippen LogP contribution is -2.53. The van der Waals surface area contributed by atoms with Gasteiger partial charge in [-0.2, -0.15) is 0 Å². The molecule has 0 aliphatic carbocycles. The van der Waals surface area contributed by atoms with Crippen LogP contribution in [0.15, 0.2) is 72.8 Å². The van der Waals surface area contributed by atoms with E-state index in [2.05, 4.69) is 5.32 Å². The van der Waals surface area contributed by atoms with Gasteiger partial charge >= 0.3 is 0 Å². The summed E-state index contributed by atoms with van der Waals surface area (Å²) in [6.07, 6.45) is 0.965. The number of non-ortho nitro benzene ring substituents is 1. The lowest BCUT2D eigenvalue weighted by Gasteiger charge is -2.33. The fourth-order valence-corrected chi connectivity index (χ4v) is 5.13. The minimum Gasteiger partial charge on any atom is -0.355 e. The molecule has 0 spiro atoms. The summed E-state index contributed by atoms with van der Waals surface area (Å²) in [5, 5.41) is 14.1. The zero-order valence-electron chi connectivity index (χ0n) is 22.4. The van der Waals surface area contributed by atoms with Crippen molar-refractivity contribution in [3.05, 3.63) is 105 Å². The van der Waals surface area contributed by atoms with Gasteiger partial charge in [-0.25, -0.2) is 12.8 Å². The first-order valence-corrected chi connectivity index (χ1v) is 14.3. The van der Waals surface area contributed by atoms with Crippen LogP contribution in [-0.4, -0.2) is 55.4 Å². The second-order valence-corrected chi connectivity index (χ2v) is 11.1. The number of nitrogens with one attached hydrogen (secondary N) is 1. The van der Waals surface area contributed by atoms with Crippen LogP contribution in [0.5, 0.6) is 0 Å². The number of nitro benzene ring substituents is 1. The van der Waals surface area contributed by atoms with E-state index in [-0.39, 0.29) is 36.4 Å². The smallest absolute Gasteiger partial charge is 0.271 e. The maximum Gasteiger partial charge on any atom is 0.271 e. The Kier molecular flexibility index (Phi) is 9.94. The fourth-order valence-electron chi connectivity index (χ4n) is 4.23. The van der Waals surface area contributed by atoms with Crippen LogP contribution >= 0.6 is 0 Å². The number of carbonyl (C=O) groups excluding carboxylic acids is 2. The minimum atomic E-state index is -4.12. The first-order valence-electron chi connectivity index (χ1n) is 12.5. The van der Waals surface area contributed by atoms with Gasteiger partial charge in [0.1, 0.15) is 18.4 Å². The molecule has 3 aromatic rings. The standard InChI is InChI=1S/C28H31FN4O6S/c1-4-30-28(35)26(16-21-10-6-5-7-11-21)31(18-22-12-8-9-13-24(22)29)27(34)19-32(40(3,38)39)25-17-23(33(36)37)15-14-20(25)2/h5-15,17,26H,4,16,18-19H2,1-3H3,(H,30,35). The van der Waals surface area contributed by atoms with E-state index in [9.17, 15) is 32.5 Å². The molecule has 0 heterocycles. The molecular formula is C28H31FN4O6S. The number of hydrogen-bond acceptors (Lipinski definition) is 6. The molecule has 12 heteroatoms. The molecule has 0 bridgehead atoms. The predicted molar refractivity (Wildman–Crippen MR) is 150 cm³/mol. The van der Waals surface area contributed by atoms with E-state index in [1.807, 2.05) is 0 Å². The molecular weight excluding hydrogens is 539 g/mol. The Morgan fingerprint density at radius 3 is 2.30 bits per heavy atom. The number of nitrogens with zero attached hydrogens (tertiary/aromatic N) is 3. The molecule has 0 saturated carbocycles. The summed E-state index contributed by atoms with van der Waals surface area (Å²) >= 11 is 0. The van der Waals surface area contributed by atoms with Gasteiger partial charge in [-0.3, -0.25) is 24.0 Å². The average Bonchev–Trinajstić information content (AvgIpc) is 2.90. The van der Waals surface area contributed by atoms with Gasteiger partial charge in [0.2, 0.25) is 21.8 Å². The molecule has 212 valence electrons. The van der Waals surface area contributed by atoms with E-state index in [4.69, 9.17) is 0 Å². The quantitative estimate of drug-likeness (QED) is 0.262. The highest BCUT2D eigenvalue weighted by molar-refractivity contribution is 7.92. The van der Waals surface area contributed by atoms with Crippen LogP contribution in [-0.2, 0) is 32.6 Å². The molecule has 3 aromatic carbocycles. The van der Waals surface area contributed by atoms with Gasteiger partial charge in [-0.15, -0.1) is 0 Å². The molecule has 10 nitrogen and oxygen atoms in total. The van der Waals surface area contributed by atoms with Crippen LogP contribution in [0.1, 0.15) is 23.6 Å². The third kappa shape index (κ3) is 7.63. The summed E-state index contributed by atoms with van der Waals surface area (Å²) in [4.78, 5) is 39.1. The predicted octanol–water partition coefficient (Wildman–Crippen LogP) is 3.58. The number of sulfonamides is 1. The van der Waals surface area contributed by atoms with Gasteiger partial charge in [0.25, 0.3) is 5.69 Å². The first-order chi connectivity index (χ1) is 18.9. The largest absolute Gasteiger partial charge is 0.355 e. The molecule has 3 rings (SSSR count). The number of amides is 2. The number of nitro groups is 1. The average molecular weight is 571 g/mol. The van der Waals surface area contributed by atoms with Crippen LogP contribution in [0.2, 0.25) is 0 Å². The monoisotopic (exact) mass is 570 g/mol. The van der Waals surface area contributed by atoms with E-state index in [0.29, 0.717) is 5.56 Å². The number of anilines is 1. The lowest BCUT2D eigenvalue weighted by atomic mass is 10.0. The third-order valence-electron chi connectivity index (χ3n) is 6.27.